The van der Waals surface area contributed by atoms with E-state index in [0.29, 0.717) is 0 Å². The molecule has 0 bridgehead atoms. The Labute approximate surface area is 103 Å². The van der Waals surface area contributed by atoms with Crippen molar-refractivity contribution in [2.45, 2.75) is 19.4 Å². The van der Waals surface area contributed by atoms with Crippen LogP contribution in [-0.2, 0) is 6.54 Å². The van der Waals surface area contributed by atoms with Gasteiger partial charge in [-0.05, 0) is 63.1 Å². The zero-order valence-corrected chi connectivity index (χ0v) is 10.5. The lowest BCUT2D eigenvalue weighted by Crippen LogP contribution is -2.34. The van der Waals surface area contributed by atoms with Crippen molar-refractivity contribution in [1.82, 2.24) is 10.2 Å². The molecule has 1 saturated heterocycles. The topological polar surface area (TPSA) is 15.3 Å². The zero-order chi connectivity index (χ0) is 12.1. The smallest absolute Gasteiger partial charge is 0.123 e. The maximum absolute atomic E-state index is 12.7. The van der Waals surface area contributed by atoms with Gasteiger partial charge in [0.05, 0.1) is 0 Å². The van der Waals surface area contributed by atoms with Crippen molar-refractivity contribution < 1.29 is 4.39 Å². The molecule has 0 atom stereocenters. The standard InChI is InChI=1S/C14H21FN2/c1-17-8-6-13(7-9-17)11-16-10-12-2-4-14(15)5-3-12/h2-5,13,16H,6-11H2,1H3. The van der Waals surface area contributed by atoms with Gasteiger partial charge < -0.3 is 10.2 Å². The second kappa shape index (κ2) is 6.12. The molecule has 0 radical (unpaired) electrons. The number of piperidine rings is 1. The molecule has 0 aliphatic carbocycles. The average Bonchev–Trinajstić information content (AvgIpc) is 2.34. The molecule has 1 aromatic rings. The first kappa shape index (κ1) is 12.5. The zero-order valence-electron chi connectivity index (χ0n) is 10.5. The second-order valence-electron chi connectivity index (χ2n) is 5.00. The van der Waals surface area contributed by atoms with E-state index in [1.165, 1.54) is 38.1 Å². The van der Waals surface area contributed by atoms with Crippen molar-refractivity contribution in [3.8, 4) is 0 Å². The molecule has 1 N–H and O–H groups in total. The van der Waals surface area contributed by atoms with Crippen LogP contribution in [0.4, 0.5) is 4.39 Å². The fourth-order valence-corrected chi connectivity index (χ4v) is 2.29. The van der Waals surface area contributed by atoms with Gasteiger partial charge in [-0.15, -0.1) is 0 Å². The molecular weight excluding hydrogens is 215 g/mol. The SMILES string of the molecule is CN1CCC(CNCc2ccc(F)cc2)CC1. The summed E-state index contributed by atoms with van der Waals surface area (Å²) in [5.74, 6) is 0.635. The molecule has 1 aliphatic heterocycles. The Hall–Kier alpha value is -0.930. The Morgan fingerprint density at radius 1 is 1.24 bits per heavy atom. The van der Waals surface area contributed by atoms with Crippen LogP contribution in [0.5, 0.6) is 0 Å². The molecule has 3 heteroatoms. The summed E-state index contributed by atoms with van der Waals surface area (Å²) in [5, 5.41) is 3.46. The number of halogens is 1. The maximum Gasteiger partial charge on any atom is 0.123 e. The third-order valence-corrected chi connectivity index (χ3v) is 3.51. The summed E-state index contributed by atoms with van der Waals surface area (Å²) in [6.07, 6.45) is 2.57. The van der Waals surface area contributed by atoms with Gasteiger partial charge in [0.25, 0.3) is 0 Å². The van der Waals surface area contributed by atoms with E-state index in [4.69, 9.17) is 0 Å². The maximum atomic E-state index is 12.7. The average molecular weight is 236 g/mol. The number of rotatable bonds is 4. The van der Waals surface area contributed by atoms with Gasteiger partial charge in [-0.1, -0.05) is 12.1 Å². The van der Waals surface area contributed by atoms with Crippen LogP contribution in [-0.4, -0.2) is 31.6 Å². The Morgan fingerprint density at radius 3 is 2.53 bits per heavy atom. The predicted octanol–water partition coefficient (Wildman–Crippen LogP) is 2.26. The molecule has 2 rings (SSSR count). The molecule has 0 unspecified atom stereocenters. The molecule has 0 amide bonds. The highest BCUT2D eigenvalue weighted by molar-refractivity contribution is 5.15. The van der Waals surface area contributed by atoms with Gasteiger partial charge in [0, 0.05) is 6.54 Å². The van der Waals surface area contributed by atoms with Crippen LogP contribution in [0.15, 0.2) is 24.3 Å². The minimum atomic E-state index is -0.163. The molecule has 1 heterocycles. The van der Waals surface area contributed by atoms with E-state index in [-0.39, 0.29) is 5.82 Å². The summed E-state index contributed by atoms with van der Waals surface area (Å²) in [7, 11) is 2.18. The molecule has 17 heavy (non-hydrogen) atoms. The van der Waals surface area contributed by atoms with E-state index in [1.807, 2.05) is 12.1 Å². The van der Waals surface area contributed by atoms with Gasteiger partial charge >= 0.3 is 0 Å². The van der Waals surface area contributed by atoms with E-state index in [0.717, 1.165) is 24.6 Å². The van der Waals surface area contributed by atoms with Gasteiger partial charge in [-0.3, -0.25) is 0 Å². The Balaban J connectivity index is 1.67. The number of hydrogen-bond donors (Lipinski definition) is 1. The fraction of sp³-hybridized carbons (Fsp3) is 0.571. The first-order valence-corrected chi connectivity index (χ1v) is 6.38. The minimum Gasteiger partial charge on any atom is -0.312 e. The van der Waals surface area contributed by atoms with Crippen LogP contribution in [0, 0.1) is 11.7 Å². The van der Waals surface area contributed by atoms with Gasteiger partial charge in [0.15, 0.2) is 0 Å². The fourth-order valence-electron chi connectivity index (χ4n) is 2.29. The van der Waals surface area contributed by atoms with Crippen LogP contribution in [0.1, 0.15) is 18.4 Å². The van der Waals surface area contributed by atoms with Crippen molar-refractivity contribution in [2.24, 2.45) is 5.92 Å². The van der Waals surface area contributed by atoms with Crippen molar-refractivity contribution in [1.29, 1.82) is 0 Å². The first-order valence-electron chi connectivity index (χ1n) is 6.38. The van der Waals surface area contributed by atoms with Crippen LogP contribution in [0.25, 0.3) is 0 Å². The van der Waals surface area contributed by atoms with Crippen LogP contribution in [0.3, 0.4) is 0 Å². The van der Waals surface area contributed by atoms with Gasteiger partial charge in [-0.25, -0.2) is 4.39 Å². The van der Waals surface area contributed by atoms with Crippen molar-refractivity contribution in [2.75, 3.05) is 26.7 Å². The number of likely N-dealkylation sites (tertiary alicyclic amines) is 1. The van der Waals surface area contributed by atoms with Gasteiger partial charge in [0.2, 0.25) is 0 Å². The monoisotopic (exact) mass is 236 g/mol. The molecular formula is C14H21FN2. The third kappa shape index (κ3) is 4.10. The molecule has 2 nitrogen and oxygen atoms in total. The normalized spacial score (nSPS) is 18.5. The van der Waals surface area contributed by atoms with Crippen LogP contribution < -0.4 is 5.32 Å². The molecule has 0 spiro atoms. The highest BCUT2D eigenvalue weighted by Crippen LogP contribution is 2.14. The minimum absolute atomic E-state index is 0.163. The largest absolute Gasteiger partial charge is 0.312 e. The van der Waals surface area contributed by atoms with E-state index in [1.54, 1.807) is 0 Å². The van der Waals surface area contributed by atoms with Crippen molar-refractivity contribution in [3.63, 3.8) is 0 Å². The Kier molecular flexibility index (Phi) is 4.51. The highest BCUT2D eigenvalue weighted by Gasteiger charge is 2.15. The summed E-state index contributed by atoms with van der Waals surface area (Å²) in [4.78, 5) is 2.39. The lowest BCUT2D eigenvalue weighted by Gasteiger charge is -2.29. The molecule has 94 valence electrons. The van der Waals surface area contributed by atoms with Gasteiger partial charge in [0.1, 0.15) is 5.82 Å². The van der Waals surface area contributed by atoms with E-state index >= 15 is 0 Å². The number of nitrogens with zero attached hydrogens (tertiary/aromatic N) is 1. The Bertz CT molecular complexity index is 329. The molecule has 0 saturated carbocycles. The molecule has 1 aliphatic rings. The summed E-state index contributed by atoms with van der Waals surface area (Å²) in [6.45, 7) is 4.34. The van der Waals surface area contributed by atoms with Gasteiger partial charge in [-0.2, -0.15) is 0 Å². The van der Waals surface area contributed by atoms with Crippen molar-refractivity contribution in [3.05, 3.63) is 35.6 Å². The lowest BCUT2D eigenvalue weighted by atomic mass is 9.97. The highest BCUT2D eigenvalue weighted by atomic mass is 19.1. The summed E-state index contributed by atoms with van der Waals surface area (Å²) >= 11 is 0. The van der Waals surface area contributed by atoms with Crippen molar-refractivity contribution >= 4 is 0 Å². The van der Waals surface area contributed by atoms with E-state index in [2.05, 4.69) is 17.3 Å². The third-order valence-electron chi connectivity index (χ3n) is 3.51. The first-order chi connectivity index (χ1) is 8.24. The van der Waals surface area contributed by atoms with E-state index < -0.39 is 0 Å². The van der Waals surface area contributed by atoms with Crippen LogP contribution in [0.2, 0.25) is 0 Å². The molecule has 1 aromatic carbocycles. The molecule has 0 aromatic heterocycles. The summed E-state index contributed by atoms with van der Waals surface area (Å²) in [6, 6.07) is 6.73. The predicted molar refractivity (Wildman–Crippen MR) is 68.3 cm³/mol. The molecule has 1 fully saturated rings. The number of benzene rings is 1. The van der Waals surface area contributed by atoms with E-state index in [9.17, 15) is 4.39 Å². The summed E-state index contributed by atoms with van der Waals surface area (Å²) < 4.78 is 12.7. The summed E-state index contributed by atoms with van der Waals surface area (Å²) in [5.41, 5.74) is 1.15. The second-order valence-corrected chi connectivity index (χ2v) is 5.00. The lowest BCUT2D eigenvalue weighted by molar-refractivity contribution is 0.216. The number of nitrogens with one attached hydrogen (secondary N) is 1. The number of hydrogen-bond acceptors (Lipinski definition) is 2. The Morgan fingerprint density at radius 2 is 1.88 bits per heavy atom. The van der Waals surface area contributed by atoms with Crippen LogP contribution >= 0.6 is 0 Å². The quantitative estimate of drug-likeness (QED) is 0.862.